The summed E-state index contributed by atoms with van der Waals surface area (Å²) in [6.45, 7) is 2.29. The van der Waals surface area contributed by atoms with Crippen LogP contribution in [0.2, 0.25) is 5.02 Å². The molecule has 2 rings (SSSR count). The number of likely N-dealkylation sites (tertiary alicyclic amines) is 1. The van der Waals surface area contributed by atoms with Gasteiger partial charge in [0.2, 0.25) is 0 Å². The van der Waals surface area contributed by atoms with Crippen LogP contribution in [0, 0.1) is 12.7 Å². The van der Waals surface area contributed by atoms with E-state index in [1.54, 1.807) is 11.8 Å². The summed E-state index contributed by atoms with van der Waals surface area (Å²) in [5.41, 5.74) is 0.629. The fourth-order valence-corrected chi connectivity index (χ4v) is 2.82. The van der Waals surface area contributed by atoms with Crippen molar-refractivity contribution in [2.45, 2.75) is 32.2 Å². The Morgan fingerprint density at radius 3 is 3.00 bits per heavy atom. The first-order valence-corrected chi connectivity index (χ1v) is 6.80. The van der Waals surface area contributed by atoms with Crippen molar-refractivity contribution in [1.82, 2.24) is 4.90 Å². The highest BCUT2D eigenvalue weighted by atomic mass is 35.5. The average Bonchev–Trinajstić information content (AvgIpc) is 2.82. The predicted octanol–water partition coefficient (Wildman–Crippen LogP) is 2.77. The van der Waals surface area contributed by atoms with E-state index in [0.29, 0.717) is 18.5 Å². The molecule has 0 aliphatic carbocycles. The van der Waals surface area contributed by atoms with E-state index in [0.717, 1.165) is 12.8 Å². The minimum atomic E-state index is -0.425. The van der Waals surface area contributed by atoms with Crippen LogP contribution in [0.15, 0.2) is 12.1 Å². The van der Waals surface area contributed by atoms with Crippen LogP contribution in [-0.2, 0) is 0 Å². The van der Waals surface area contributed by atoms with Gasteiger partial charge in [-0.3, -0.25) is 4.79 Å². The molecular formula is C14H17ClFNO2. The Labute approximate surface area is 117 Å². The fraction of sp³-hybridized carbons (Fsp3) is 0.500. The largest absolute Gasteiger partial charge is 0.396 e. The minimum absolute atomic E-state index is 0.0259. The SMILES string of the molecule is Cc1cc(Cl)c(C(=O)N2CCCC2CCO)cc1F. The quantitative estimate of drug-likeness (QED) is 0.928. The van der Waals surface area contributed by atoms with E-state index in [1.165, 1.54) is 12.1 Å². The molecule has 1 atom stereocenters. The summed E-state index contributed by atoms with van der Waals surface area (Å²) in [7, 11) is 0. The van der Waals surface area contributed by atoms with Gasteiger partial charge in [-0.15, -0.1) is 0 Å². The van der Waals surface area contributed by atoms with Gasteiger partial charge in [0.15, 0.2) is 0 Å². The molecule has 1 aliphatic rings. The van der Waals surface area contributed by atoms with Crippen molar-refractivity contribution in [3.63, 3.8) is 0 Å². The van der Waals surface area contributed by atoms with E-state index in [1.807, 2.05) is 0 Å². The average molecular weight is 286 g/mol. The second-order valence-electron chi connectivity index (χ2n) is 4.89. The topological polar surface area (TPSA) is 40.5 Å². The summed E-state index contributed by atoms with van der Waals surface area (Å²) in [6.07, 6.45) is 2.33. The van der Waals surface area contributed by atoms with Crippen LogP contribution < -0.4 is 0 Å². The lowest BCUT2D eigenvalue weighted by atomic mass is 10.1. The molecule has 1 saturated heterocycles. The molecule has 1 aromatic carbocycles. The highest BCUT2D eigenvalue weighted by molar-refractivity contribution is 6.33. The molecule has 104 valence electrons. The van der Waals surface area contributed by atoms with Crippen molar-refractivity contribution in [3.05, 3.63) is 34.1 Å². The summed E-state index contributed by atoms with van der Waals surface area (Å²) < 4.78 is 13.6. The number of aliphatic hydroxyl groups excluding tert-OH is 1. The smallest absolute Gasteiger partial charge is 0.255 e. The lowest BCUT2D eigenvalue weighted by molar-refractivity contribution is 0.0716. The van der Waals surface area contributed by atoms with Gasteiger partial charge in [0, 0.05) is 19.2 Å². The van der Waals surface area contributed by atoms with Crippen molar-refractivity contribution in [1.29, 1.82) is 0 Å². The maximum absolute atomic E-state index is 13.6. The Balaban J connectivity index is 2.26. The molecule has 1 aromatic rings. The van der Waals surface area contributed by atoms with Gasteiger partial charge in [-0.2, -0.15) is 0 Å². The maximum atomic E-state index is 13.6. The zero-order chi connectivity index (χ0) is 14.0. The highest BCUT2D eigenvalue weighted by Crippen LogP contribution is 2.27. The molecular weight excluding hydrogens is 269 g/mol. The Hall–Kier alpha value is -1.13. The Kier molecular flexibility index (Phi) is 4.42. The summed E-state index contributed by atoms with van der Waals surface area (Å²) >= 11 is 6.04. The third-order valence-corrected chi connectivity index (χ3v) is 3.89. The molecule has 1 N–H and O–H groups in total. The van der Waals surface area contributed by atoms with E-state index >= 15 is 0 Å². The molecule has 0 bridgehead atoms. The van der Waals surface area contributed by atoms with Crippen LogP contribution in [0.5, 0.6) is 0 Å². The standard InChI is InChI=1S/C14H17ClFNO2/c1-9-7-12(15)11(8-13(9)16)14(19)17-5-2-3-10(17)4-6-18/h7-8,10,18H,2-6H2,1H3. The number of carbonyl (C=O) groups excluding carboxylic acids is 1. The molecule has 0 spiro atoms. The summed E-state index contributed by atoms with van der Waals surface area (Å²) in [6, 6.07) is 2.70. The zero-order valence-electron chi connectivity index (χ0n) is 10.8. The number of benzene rings is 1. The second-order valence-corrected chi connectivity index (χ2v) is 5.30. The molecule has 1 unspecified atom stereocenters. The lowest BCUT2D eigenvalue weighted by Crippen LogP contribution is -2.36. The van der Waals surface area contributed by atoms with Gasteiger partial charge in [-0.25, -0.2) is 4.39 Å². The molecule has 3 nitrogen and oxygen atoms in total. The minimum Gasteiger partial charge on any atom is -0.396 e. The number of carbonyl (C=O) groups is 1. The summed E-state index contributed by atoms with van der Waals surface area (Å²) in [5.74, 6) is -0.675. The van der Waals surface area contributed by atoms with E-state index in [9.17, 15) is 9.18 Å². The first-order chi connectivity index (χ1) is 9.04. The maximum Gasteiger partial charge on any atom is 0.255 e. The number of amides is 1. The van der Waals surface area contributed by atoms with Gasteiger partial charge in [-0.1, -0.05) is 11.6 Å². The van der Waals surface area contributed by atoms with E-state index in [-0.39, 0.29) is 29.1 Å². The number of aryl methyl sites for hydroxylation is 1. The number of halogens is 2. The third-order valence-electron chi connectivity index (χ3n) is 3.58. The van der Waals surface area contributed by atoms with Crippen molar-refractivity contribution in [2.75, 3.05) is 13.2 Å². The lowest BCUT2D eigenvalue weighted by Gasteiger charge is -2.24. The summed E-state index contributed by atoms with van der Waals surface area (Å²) in [5, 5.41) is 9.28. The normalized spacial score (nSPS) is 18.9. The molecule has 0 saturated carbocycles. The third kappa shape index (κ3) is 2.90. The molecule has 5 heteroatoms. The molecule has 1 fully saturated rings. The Bertz CT molecular complexity index is 493. The van der Waals surface area contributed by atoms with Crippen LogP contribution in [0.3, 0.4) is 0 Å². The van der Waals surface area contributed by atoms with Gasteiger partial charge in [0.1, 0.15) is 5.82 Å². The Morgan fingerprint density at radius 2 is 2.32 bits per heavy atom. The number of rotatable bonds is 3. The summed E-state index contributed by atoms with van der Waals surface area (Å²) in [4.78, 5) is 14.1. The van der Waals surface area contributed by atoms with Crippen LogP contribution in [0.1, 0.15) is 35.2 Å². The predicted molar refractivity (Wildman–Crippen MR) is 71.9 cm³/mol. The van der Waals surface area contributed by atoms with Crippen LogP contribution in [-0.4, -0.2) is 35.1 Å². The van der Waals surface area contributed by atoms with Crippen LogP contribution in [0.25, 0.3) is 0 Å². The molecule has 0 radical (unpaired) electrons. The van der Waals surface area contributed by atoms with Gasteiger partial charge >= 0.3 is 0 Å². The molecule has 1 aliphatic heterocycles. The van der Waals surface area contributed by atoms with Crippen molar-refractivity contribution < 1.29 is 14.3 Å². The molecule has 1 amide bonds. The zero-order valence-corrected chi connectivity index (χ0v) is 11.6. The highest BCUT2D eigenvalue weighted by Gasteiger charge is 2.30. The van der Waals surface area contributed by atoms with Gasteiger partial charge < -0.3 is 10.0 Å². The molecule has 1 heterocycles. The number of hydrogen-bond acceptors (Lipinski definition) is 2. The second kappa shape index (κ2) is 5.88. The monoisotopic (exact) mass is 285 g/mol. The fourth-order valence-electron chi connectivity index (χ4n) is 2.52. The van der Waals surface area contributed by atoms with Gasteiger partial charge in [0.05, 0.1) is 10.6 Å². The van der Waals surface area contributed by atoms with Crippen molar-refractivity contribution in [2.24, 2.45) is 0 Å². The van der Waals surface area contributed by atoms with Crippen LogP contribution >= 0.6 is 11.6 Å². The van der Waals surface area contributed by atoms with Crippen LogP contribution in [0.4, 0.5) is 4.39 Å². The molecule has 19 heavy (non-hydrogen) atoms. The van der Waals surface area contributed by atoms with E-state index < -0.39 is 5.82 Å². The number of aliphatic hydroxyl groups is 1. The van der Waals surface area contributed by atoms with Crippen molar-refractivity contribution in [3.8, 4) is 0 Å². The Morgan fingerprint density at radius 1 is 1.58 bits per heavy atom. The number of nitrogens with zero attached hydrogens (tertiary/aromatic N) is 1. The first-order valence-electron chi connectivity index (χ1n) is 6.42. The van der Waals surface area contributed by atoms with E-state index in [4.69, 9.17) is 16.7 Å². The van der Waals surface area contributed by atoms with Crippen molar-refractivity contribution >= 4 is 17.5 Å². The number of hydrogen-bond donors (Lipinski definition) is 1. The van der Waals surface area contributed by atoms with Gasteiger partial charge in [-0.05, 0) is 43.9 Å². The first kappa shape index (κ1) is 14.3. The van der Waals surface area contributed by atoms with E-state index in [2.05, 4.69) is 0 Å². The van der Waals surface area contributed by atoms with Gasteiger partial charge in [0.25, 0.3) is 5.91 Å². The molecule has 0 aromatic heterocycles.